The minimum Gasteiger partial charge on any atom is -0.312 e. The molecule has 0 aliphatic rings. The second-order valence-corrected chi connectivity index (χ2v) is 7.14. The lowest BCUT2D eigenvalue weighted by atomic mass is 10.1. The third-order valence-electron chi connectivity index (χ3n) is 2.81. The van der Waals surface area contributed by atoms with E-state index < -0.39 is 0 Å². The first-order chi connectivity index (χ1) is 8.38. The second-order valence-electron chi connectivity index (χ2n) is 6.00. The molecule has 0 saturated carbocycles. The Bertz CT molecular complexity index is 366. The normalized spacial score (nSPS) is 11.8. The molecule has 0 aliphatic heterocycles. The molecule has 102 valence electrons. The van der Waals surface area contributed by atoms with Gasteiger partial charge in [-0.3, -0.25) is 0 Å². The molecule has 0 radical (unpaired) electrons. The predicted molar refractivity (Wildman–Crippen MR) is 83.6 cm³/mol. The molecular formula is C16H27NS. The van der Waals surface area contributed by atoms with E-state index in [1.807, 2.05) is 11.8 Å². The van der Waals surface area contributed by atoms with Crippen LogP contribution in [0.5, 0.6) is 0 Å². The standard InChI is InChI=1S/C16H27NS/c1-13-8-9-15(14(2)12-13)18-11-7-6-10-17-16(3,4)5/h8-9,12,17H,6-7,10-11H2,1-5H3. The molecule has 1 N–H and O–H groups in total. The number of rotatable bonds is 6. The van der Waals surface area contributed by atoms with Crippen molar-refractivity contribution in [3.05, 3.63) is 29.3 Å². The lowest BCUT2D eigenvalue weighted by Gasteiger charge is -2.20. The lowest BCUT2D eigenvalue weighted by Crippen LogP contribution is -2.36. The molecule has 0 aliphatic carbocycles. The number of unbranched alkanes of at least 4 members (excludes halogenated alkanes) is 1. The molecule has 0 unspecified atom stereocenters. The largest absolute Gasteiger partial charge is 0.312 e. The van der Waals surface area contributed by atoms with Crippen LogP contribution >= 0.6 is 11.8 Å². The fourth-order valence-corrected chi connectivity index (χ4v) is 2.85. The van der Waals surface area contributed by atoms with Gasteiger partial charge in [0.05, 0.1) is 0 Å². The summed E-state index contributed by atoms with van der Waals surface area (Å²) < 4.78 is 0. The summed E-state index contributed by atoms with van der Waals surface area (Å²) in [6, 6.07) is 6.72. The van der Waals surface area contributed by atoms with Crippen LogP contribution in [0.2, 0.25) is 0 Å². The summed E-state index contributed by atoms with van der Waals surface area (Å²) in [5, 5.41) is 3.53. The molecule has 0 aromatic heterocycles. The Labute approximate surface area is 117 Å². The highest BCUT2D eigenvalue weighted by Crippen LogP contribution is 2.24. The highest BCUT2D eigenvalue weighted by atomic mass is 32.2. The van der Waals surface area contributed by atoms with Crippen molar-refractivity contribution in [2.45, 2.75) is 57.9 Å². The van der Waals surface area contributed by atoms with E-state index in [1.165, 1.54) is 34.6 Å². The van der Waals surface area contributed by atoms with Crippen molar-refractivity contribution in [2.24, 2.45) is 0 Å². The van der Waals surface area contributed by atoms with E-state index in [-0.39, 0.29) is 5.54 Å². The van der Waals surface area contributed by atoms with Gasteiger partial charge in [0, 0.05) is 10.4 Å². The van der Waals surface area contributed by atoms with Gasteiger partial charge in [-0.05, 0) is 71.4 Å². The second kappa shape index (κ2) is 7.20. The smallest absolute Gasteiger partial charge is 0.0101 e. The maximum Gasteiger partial charge on any atom is 0.0101 e. The van der Waals surface area contributed by atoms with E-state index in [9.17, 15) is 0 Å². The van der Waals surface area contributed by atoms with Crippen molar-refractivity contribution < 1.29 is 0 Å². The fourth-order valence-electron chi connectivity index (χ4n) is 1.83. The van der Waals surface area contributed by atoms with E-state index >= 15 is 0 Å². The fraction of sp³-hybridized carbons (Fsp3) is 0.625. The van der Waals surface area contributed by atoms with Gasteiger partial charge in [0.2, 0.25) is 0 Å². The molecule has 1 rings (SSSR count). The van der Waals surface area contributed by atoms with Crippen molar-refractivity contribution in [1.82, 2.24) is 5.32 Å². The van der Waals surface area contributed by atoms with Crippen molar-refractivity contribution in [3.63, 3.8) is 0 Å². The van der Waals surface area contributed by atoms with Crippen LogP contribution in [-0.2, 0) is 0 Å². The minimum atomic E-state index is 0.251. The van der Waals surface area contributed by atoms with E-state index in [2.05, 4.69) is 58.1 Å². The topological polar surface area (TPSA) is 12.0 Å². The van der Waals surface area contributed by atoms with Crippen LogP contribution in [0.1, 0.15) is 44.7 Å². The first-order valence-corrected chi connectivity index (χ1v) is 7.82. The summed E-state index contributed by atoms with van der Waals surface area (Å²) in [7, 11) is 0. The molecule has 0 atom stereocenters. The number of hydrogen-bond donors (Lipinski definition) is 1. The highest BCUT2D eigenvalue weighted by Gasteiger charge is 2.07. The summed E-state index contributed by atoms with van der Waals surface area (Å²) >= 11 is 1.99. The Morgan fingerprint density at radius 2 is 1.83 bits per heavy atom. The van der Waals surface area contributed by atoms with Gasteiger partial charge in [-0.1, -0.05) is 17.7 Å². The third-order valence-corrected chi connectivity index (χ3v) is 4.08. The Hall–Kier alpha value is -0.470. The van der Waals surface area contributed by atoms with Gasteiger partial charge >= 0.3 is 0 Å². The molecule has 1 aromatic rings. The maximum atomic E-state index is 3.53. The van der Waals surface area contributed by atoms with Gasteiger partial charge in [-0.15, -0.1) is 11.8 Å². The molecule has 1 nitrogen and oxygen atoms in total. The van der Waals surface area contributed by atoms with Gasteiger partial charge in [0.25, 0.3) is 0 Å². The van der Waals surface area contributed by atoms with Crippen molar-refractivity contribution in [3.8, 4) is 0 Å². The van der Waals surface area contributed by atoms with Crippen LogP contribution in [0.3, 0.4) is 0 Å². The number of thioether (sulfide) groups is 1. The summed E-state index contributed by atoms with van der Waals surface area (Å²) in [5.41, 5.74) is 3.01. The van der Waals surface area contributed by atoms with Crippen LogP contribution in [0.4, 0.5) is 0 Å². The van der Waals surface area contributed by atoms with E-state index in [4.69, 9.17) is 0 Å². The van der Waals surface area contributed by atoms with E-state index in [0.29, 0.717) is 0 Å². The van der Waals surface area contributed by atoms with Crippen molar-refractivity contribution in [2.75, 3.05) is 12.3 Å². The van der Waals surface area contributed by atoms with E-state index in [1.54, 1.807) is 0 Å². The SMILES string of the molecule is Cc1ccc(SCCCCNC(C)(C)C)c(C)c1. The van der Waals surface area contributed by atoms with Crippen LogP contribution in [0.15, 0.2) is 23.1 Å². The van der Waals surface area contributed by atoms with Crippen LogP contribution in [-0.4, -0.2) is 17.8 Å². The van der Waals surface area contributed by atoms with Crippen LogP contribution < -0.4 is 5.32 Å². The summed E-state index contributed by atoms with van der Waals surface area (Å²) in [5.74, 6) is 1.22. The van der Waals surface area contributed by atoms with Crippen LogP contribution in [0, 0.1) is 13.8 Å². The first kappa shape index (κ1) is 15.6. The first-order valence-electron chi connectivity index (χ1n) is 6.83. The minimum absolute atomic E-state index is 0.251. The molecule has 0 saturated heterocycles. The molecule has 0 fully saturated rings. The monoisotopic (exact) mass is 265 g/mol. The molecule has 1 aromatic carbocycles. The predicted octanol–water partition coefficient (Wildman–Crippen LogP) is 4.56. The third kappa shape index (κ3) is 6.46. The zero-order valence-electron chi connectivity index (χ0n) is 12.5. The lowest BCUT2D eigenvalue weighted by molar-refractivity contribution is 0.421. The number of benzene rings is 1. The Balaban J connectivity index is 2.18. The van der Waals surface area contributed by atoms with Gasteiger partial charge < -0.3 is 5.32 Å². The molecule has 2 heteroatoms. The average Bonchev–Trinajstić information content (AvgIpc) is 2.24. The molecule has 0 amide bonds. The zero-order chi connectivity index (χ0) is 13.6. The summed E-state index contributed by atoms with van der Waals surface area (Å²) in [4.78, 5) is 1.43. The zero-order valence-corrected chi connectivity index (χ0v) is 13.3. The highest BCUT2D eigenvalue weighted by molar-refractivity contribution is 7.99. The van der Waals surface area contributed by atoms with Crippen molar-refractivity contribution in [1.29, 1.82) is 0 Å². The van der Waals surface area contributed by atoms with Crippen molar-refractivity contribution >= 4 is 11.8 Å². The van der Waals surface area contributed by atoms with Gasteiger partial charge in [-0.25, -0.2) is 0 Å². The number of nitrogens with one attached hydrogen (secondary N) is 1. The van der Waals surface area contributed by atoms with E-state index in [0.717, 1.165) is 6.54 Å². The Morgan fingerprint density at radius 1 is 1.11 bits per heavy atom. The van der Waals surface area contributed by atoms with Gasteiger partial charge in [-0.2, -0.15) is 0 Å². The summed E-state index contributed by atoms with van der Waals surface area (Å²) in [6.07, 6.45) is 2.54. The molecule has 0 heterocycles. The van der Waals surface area contributed by atoms with Gasteiger partial charge in [0.15, 0.2) is 0 Å². The summed E-state index contributed by atoms with van der Waals surface area (Å²) in [6.45, 7) is 12.1. The van der Waals surface area contributed by atoms with Gasteiger partial charge in [0.1, 0.15) is 0 Å². The molecule has 0 spiro atoms. The Morgan fingerprint density at radius 3 is 2.44 bits per heavy atom. The number of aryl methyl sites for hydroxylation is 2. The quantitative estimate of drug-likeness (QED) is 0.597. The average molecular weight is 265 g/mol. The molecule has 0 bridgehead atoms. The van der Waals surface area contributed by atoms with Crippen LogP contribution in [0.25, 0.3) is 0 Å². The molecular weight excluding hydrogens is 238 g/mol. The molecule has 18 heavy (non-hydrogen) atoms. The maximum absolute atomic E-state index is 3.53. The Kier molecular flexibility index (Phi) is 6.24. The number of hydrogen-bond acceptors (Lipinski definition) is 2.